The van der Waals surface area contributed by atoms with Gasteiger partial charge in [-0.1, -0.05) is 0 Å². The number of hydrogen-bond acceptors (Lipinski definition) is 2. The summed E-state index contributed by atoms with van der Waals surface area (Å²) in [5.41, 5.74) is 0. The Bertz CT molecular complexity index is 104. The third-order valence-corrected chi connectivity index (χ3v) is 1.52. The average Bonchev–Trinajstić information content (AvgIpc) is 1.53. The zero-order valence-electron chi connectivity index (χ0n) is 8.29. The predicted octanol–water partition coefficient (Wildman–Crippen LogP) is -3.17. The van der Waals surface area contributed by atoms with Crippen LogP contribution in [0.25, 0.3) is 0 Å². The molecule has 2 unspecified atom stereocenters. The molecule has 2 N–H and O–H groups in total. The Morgan fingerprint density at radius 1 is 1.00 bits per heavy atom. The van der Waals surface area contributed by atoms with E-state index < -0.39 is 0 Å². The predicted molar refractivity (Wildman–Crippen MR) is 45.2 cm³/mol. The smallest absolute Gasteiger partial charge is 0.104 e. The van der Waals surface area contributed by atoms with Gasteiger partial charge in [-0.15, -0.1) is 0 Å². The van der Waals surface area contributed by atoms with E-state index in [0.29, 0.717) is 17.6 Å². The fourth-order valence-electron chi connectivity index (χ4n) is 1.51. The number of hydrogen-bond donors (Lipinski definition) is 2. The Morgan fingerprint density at radius 3 is 1.42 bits per heavy atom. The van der Waals surface area contributed by atoms with Gasteiger partial charge in [-0.05, 0) is 13.8 Å². The van der Waals surface area contributed by atoms with Crippen LogP contribution >= 0.6 is 0 Å². The molecule has 0 saturated heterocycles. The van der Waals surface area contributed by atoms with E-state index in [-0.39, 0.29) is 29.2 Å². The molecule has 0 aliphatic heterocycles. The second kappa shape index (κ2) is 5.91. The molecule has 0 heterocycles. The number of halogens is 1. The minimum atomic E-state index is -0.302. The van der Waals surface area contributed by atoms with E-state index in [1.807, 2.05) is 14.1 Å². The van der Waals surface area contributed by atoms with E-state index in [4.69, 9.17) is 10.2 Å². The average molecular weight is 242 g/mol. The van der Waals surface area contributed by atoms with E-state index in [1.54, 1.807) is 13.8 Å². The zero-order chi connectivity index (χ0) is 9.07. The molecule has 2 atom stereocenters. The Kier molecular flexibility index (Phi) is 7.32. The van der Waals surface area contributed by atoms with Crippen molar-refractivity contribution in [2.45, 2.75) is 26.1 Å². The second-order valence-corrected chi connectivity index (χ2v) is 4.00. The van der Waals surface area contributed by atoms with E-state index in [2.05, 4.69) is 0 Å². The molecule has 0 radical (unpaired) electrons. The van der Waals surface area contributed by atoms with Crippen LogP contribution in [-0.4, -0.2) is 54.1 Å². The molecule has 4 heteroatoms. The summed E-state index contributed by atoms with van der Waals surface area (Å²) in [7, 11) is 4.00. The molecule has 0 aliphatic rings. The third kappa shape index (κ3) is 8.46. The summed E-state index contributed by atoms with van der Waals surface area (Å²) in [5.74, 6) is 0. The molecule has 0 aliphatic carbocycles. The third-order valence-electron chi connectivity index (χ3n) is 1.52. The number of quaternary nitrogens is 1. The zero-order valence-corrected chi connectivity index (χ0v) is 9.87. The van der Waals surface area contributed by atoms with Gasteiger partial charge in [-0.3, -0.25) is 0 Å². The number of rotatable bonds is 4. The molecule has 0 rings (SSSR count). The topological polar surface area (TPSA) is 40.5 Å². The Labute approximate surface area is 85.4 Å². The van der Waals surface area contributed by atoms with E-state index in [9.17, 15) is 0 Å². The lowest BCUT2D eigenvalue weighted by atomic mass is 10.3. The van der Waals surface area contributed by atoms with Gasteiger partial charge in [-0.2, -0.15) is 0 Å². The molecule has 0 aromatic rings. The number of aliphatic hydroxyl groups excluding tert-OH is 2. The lowest BCUT2D eigenvalue weighted by Crippen LogP contribution is -3.00. The van der Waals surface area contributed by atoms with Gasteiger partial charge in [0.2, 0.25) is 0 Å². The normalized spacial score (nSPS) is 16.5. The lowest BCUT2D eigenvalue weighted by Gasteiger charge is -2.31. The summed E-state index contributed by atoms with van der Waals surface area (Å²) in [4.78, 5) is 0. The van der Waals surface area contributed by atoms with E-state index >= 15 is 0 Å². The number of aliphatic hydroxyl groups is 2. The van der Waals surface area contributed by atoms with Gasteiger partial charge in [0.15, 0.2) is 0 Å². The first kappa shape index (κ1) is 14.9. The van der Waals surface area contributed by atoms with Crippen molar-refractivity contribution < 1.29 is 31.7 Å². The van der Waals surface area contributed by atoms with E-state index in [0.717, 1.165) is 0 Å². The summed E-state index contributed by atoms with van der Waals surface area (Å²) < 4.78 is 0.662. The standard InChI is InChI=1S/C8H20NO2.BrH/c1-7(10)5-9(3,4)6-8(2)11;/h7-8,10-11H,5-6H2,1-4H3;1H/q+1;/p-1. The Balaban J connectivity index is 0. The maximum Gasteiger partial charge on any atom is 0.104 e. The van der Waals surface area contributed by atoms with Crippen molar-refractivity contribution in [3.05, 3.63) is 0 Å². The molecule has 12 heavy (non-hydrogen) atoms. The monoisotopic (exact) mass is 241 g/mol. The summed E-state index contributed by atoms with van der Waals surface area (Å²) in [5, 5.41) is 18.2. The van der Waals surface area contributed by atoms with Gasteiger partial charge in [-0.25, -0.2) is 0 Å². The van der Waals surface area contributed by atoms with Crippen molar-refractivity contribution in [1.82, 2.24) is 0 Å². The largest absolute Gasteiger partial charge is 1.00 e. The van der Waals surface area contributed by atoms with Crippen LogP contribution in [0.5, 0.6) is 0 Å². The van der Waals surface area contributed by atoms with Crippen LogP contribution in [-0.2, 0) is 0 Å². The van der Waals surface area contributed by atoms with Gasteiger partial charge in [0.1, 0.15) is 25.3 Å². The first-order chi connectivity index (χ1) is 4.83. The maximum absolute atomic E-state index is 9.10. The van der Waals surface area contributed by atoms with Crippen molar-refractivity contribution in [1.29, 1.82) is 0 Å². The van der Waals surface area contributed by atoms with Gasteiger partial charge in [0, 0.05) is 0 Å². The highest BCUT2D eigenvalue weighted by molar-refractivity contribution is 4.47. The molecule has 0 bridgehead atoms. The van der Waals surface area contributed by atoms with Crippen LogP contribution in [0, 0.1) is 0 Å². The van der Waals surface area contributed by atoms with Gasteiger partial charge < -0.3 is 31.7 Å². The van der Waals surface area contributed by atoms with Crippen molar-refractivity contribution in [3.63, 3.8) is 0 Å². The summed E-state index contributed by atoms with van der Waals surface area (Å²) in [6.07, 6.45) is -0.604. The van der Waals surface area contributed by atoms with Crippen LogP contribution in [0.3, 0.4) is 0 Å². The van der Waals surface area contributed by atoms with Gasteiger partial charge in [0.25, 0.3) is 0 Å². The minimum Gasteiger partial charge on any atom is -1.00 e. The summed E-state index contributed by atoms with van der Waals surface area (Å²) in [6.45, 7) is 4.90. The number of likely N-dealkylation sites (N-methyl/N-ethyl adjacent to an activating group) is 1. The van der Waals surface area contributed by atoms with Gasteiger partial charge in [0.05, 0.1) is 14.1 Å². The molecule has 3 nitrogen and oxygen atoms in total. The van der Waals surface area contributed by atoms with Crippen molar-refractivity contribution >= 4 is 0 Å². The van der Waals surface area contributed by atoms with Crippen LogP contribution in [0.2, 0.25) is 0 Å². The molecule has 0 saturated carbocycles. The van der Waals surface area contributed by atoms with Crippen molar-refractivity contribution in [2.75, 3.05) is 27.2 Å². The molecule has 0 aromatic carbocycles. The Morgan fingerprint density at radius 2 is 1.25 bits per heavy atom. The fourth-order valence-corrected chi connectivity index (χ4v) is 1.51. The van der Waals surface area contributed by atoms with Crippen LogP contribution < -0.4 is 17.0 Å². The molecular formula is C8H20BrNO2. The van der Waals surface area contributed by atoms with Crippen molar-refractivity contribution in [3.8, 4) is 0 Å². The SMILES string of the molecule is CC(O)C[N+](C)(C)CC(C)O.[Br-]. The quantitative estimate of drug-likeness (QED) is 0.511. The number of nitrogens with zero attached hydrogens (tertiary/aromatic N) is 1. The molecule has 0 amide bonds. The highest BCUT2D eigenvalue weighted by Crippen LogP contribution is 2.01. The molecule has 0 fully saturated rings. The highest BCUT2D eigenvalue weighted by atomic mass is 79.9. The van der Waals surface area contributed by atoms with E-state index in [1.165, 1.54) is 0 Å². The van der Waals surface area contributed by atoms with Crippen LogP contribution in [0.1, 0.15) is 13.8 Å². The molecule has 0 spiro atoms. The maximum atomic E-state index is 9.10. The lowest BCUT2D eigenvalue weighted by molar-refractivity contribution is -0.895. The van der Waals surface area contributed by atoms with Crippen LogP contribution in [0.15, 0.2) is 0 Å². The first-order valence-electron chi connectivity index (χ1n) is 4.01. The van der Waals surface area contributed by atoms with Crippen molar-refractivity contribution in [2.24, 2.45) is 0 Å². The molecule has 76 valence electrons. The first-order valence-corrected chi connectivity index (χ1v) is 4.01. The Hall–Kier alpha value is 0.360. The van der Waals surface area contributed by atoms with Crippen LogP contribution in [0.4, 0.5) is 0 Å². The summed E-state index contributed by atoms with van der Waals surface area (Å²) in [6, 6.07) is 0. The molecular weight excluding hydrogens is 222 g/mol. The minimum absolute atomic E-state index is 0. The highest BCUT2D eigenvalue weighted by Gasteiger charge is 2.19. The second-order valence-electron chi connectivity index (χ2n) is 4.00. The fraction of sp³-hybridized carbons (Fsp3) is 1.00. The van der Waals surface area contributed by atoms with Gasteiger partial charge >= 0.3 is 0 Å². The summed E-state index contributed by atoms with van der Waals surface area (Å²) >= 11 is 0. The molecule has 0 aromatic heterocycles.